The molecule has 1 aromatic carbocycles. The number of nitrogens with one attached hydrogen (secondary N) is 1. The fourth-order valence-corrected chi connectivity index (χ4v) is 1.93. The van der Waals surface area contributed by atoms with Crippen LogP contribution in [0.4, 0.5) is 11.4 Å². The van der Waals surface area contributed by atoms with E-state index in [0.717, 1.165) is 12.5 Å². The number of anilines is 1. The maximum Gasteiger partial charge on any atom is 0.338 e. The number of rotatable bonds is 5. The highest BCUT2D eigenvalue weighted by molar-refractivity contribution is 5.95. The third-order valence-electron chi connectivity index (χ3n) is 3.10. The molecule has 0 saturated carbocycles. The number of benzene rings is 1. The Labute approximate surface area is 115 Å². The minimum Gasteiger partial charge on any atom is -0.493 e. The van der Waals surface area contributed by atoms with Crippen LogP contribution in [0.15, 0.2) is 30.5 Å². The normalized spacial score (nSPS) is 20.4. The van der Waals surface area contributed by atoms with Crippen LogP contribution in [0.1, 0.15) is 23.7 Å². The number of nitro groups is 1. The number of carboxylic acids is 1. The summed E-state index contributed by atoms with van der Waals surface area (Å²) in [6.45, 7) is 2.30. The number of non-ortho nitro benzene ring substituents is 1. The van der Waals surface area contributed by atoms with Crippen molar-refractivity contribution in [2.24, 2.45) is 0 Å². The summed E-state index contributed by atoms with van der Waals surface area (Å²) in [7, 11) is 0. The molecule has 1 aliphatic heterocycles. The van der Waals surface area contributed by atoms with Crippen molar-refractivity contribution in [2.75, 3.05) is 11.9 Å². The predicted molar refractivity (Wildman–Crippen MR) is 71.8 cm³/mol. The lowest BCUT2D eigenvalue weighted by atomic mass is 10.0. The van der Waals surface area contributed by atoms with Crippen molar-refractivity contribution in [1.29, 1.82) is 0 Å². The van der Waals surface area contributed by atoms with E-state index in [0.29, 0.717) is 12.2 Å². The minimum absolute atomic E-state index is 0.131. The molecule has 0 amide bonds. The first kappa shape index (κ1) is 13.9. The lowest BCUT2D eigenvalue weighted by molar-refractivity contribution is -0.384. The van der Waals surface area contributed by atoms with E-state index in [1.807, 2.05) is 13.0 Å². The van der Waals surface area contributed by atoms with Crippen molar-refractivity contribution < 1.29 is 19.6 Å². The van der Waals surface area contributed by atoms with Gasteiger partial charge in [-0.1, -0.05) is 0 Å². The highest BCUT2D eigenvalue weighted by Gasteiger charge is 2.27. The van der Waals surface area contributed by atoms with Gasteiger partial charge in [0, 0.05) is 24.2 Å². The second-order valence-corrected chi connectivity index (χ2v) is 4.79. The lowest BCUT2D eigenvalue weighted by Crippen LogP contribution is -2.32. The molecule has 1 unspecified atom stereocenters. The number of carbonyl (C=O) groups is 1. The van der Waals surface area contributed by atoms with E-state index >= 15 is 0 Å². The Bertz CT molecular complexity index is 574. The Hall–Kier alpha value is -2.57. The average molecular weight is 278 g/mol. The van der Waals surface area contributed by atoms with Gasteiger partial charge in [0.05, 0.1) is 23.3 Å². The van der Waals surface area contributed by atoms with Crippen molar-refractivity contribution in [2.45, 2.75) is 18.9 Å². The molecule has 1 aromatic rings. The van der Waals surface area contributed by atoms with Crippen LogP contribution in [0, 0.1) is 10.1 Å². The molecule has 1 atom stereocenters. The van der Waals surface area contributed by atoms with Gasteiger partial charge in [0.15, 0.2) is 0 Å². The second kappa shape index (κ2) is 5.20. The zero-order valence-electron chi connectivity index (χ0n) is 10.8. The van der Waals surface area contributed by atoms with E-state index in [1.165, 1.54) is 12.1 Å². The fraction of sp³-hybridized carbons (Fsp3) is 0.308. The Morgan fingerprint density at radius 1 is 1.60 bits per heavy atom. The van der Waals surface area contributed by atoms with Gasteiger partial charge in [-0.2, -0.15) is 0 Å². The maximum atomic E-state index is 11.2. The van der Waals surface area contributed by atoms with Crippen molar-refractivity contribution in [1.82, 2.24) is 0 Å². The Morgan fingerprint density at radius 2 is 2.35 bits per heavy atom. The number of carboxylic acid groups (broad SMARTS) is 1. The van der Waals surface area contributed by atoms with Crippen LogP contribution in [-0.2, 0) is 4.74 Å². The lowest BCUT2D eigenvalue weighted by Gasteiger charge is -2.25. The summed E-state index contributed by atoms with van der Waals surface area (Å²) in [6, 6.07) is 3.71. The van der Waals surface area contributed by atoms with Gasteiger partial charge >= 0.3 is 5.97 Å². The molecule has 106 valence electrons. The minimum atomic E-state index is -1.22. The van der Waals surface area contributed by atoms with Gasteiger partial charge in [-0.3, -0.25) is 10.1 Å². The molecule has 7 heteroatoms. The van der Waals surface area contributed by atoms with E-state index in [4.69, 9.17) is 9.84 Å². The van der Waals surface area contributed by atoms with Crippen LogP contribution in [0.25, 0.3) is 0 Å². The Balaban J connectivity index is 2.18. The number of nitrogens with zero attached hydrogens (tertiary/aromatic N) is 1. The van der Waals surface area contributed by atoms with E-state index in [-0.39, 0.29) is 11.3 Å². The molecule has 0 bridgehead atoms. The number of ether oxygens (including phenoxy) is 1. The summed E-state index contributed by atoms with van der Waals surface area (Å²) in [5.41, 5.74) is -0.483. The molecule has 2 rings (SSSR count). The highest BCUT2D eigenvalue weighted by Crippen LogP contribution is 2.26. The van der Waals surface area contributed by atoms with Gasteiger partial charge < -0.3 is 15.2 Å². The number of aromatic carboxylic acids is 1. The summed E-state index contributed by atoms with van der Waals surface area (Å²) in [5.74, 6) is -1.22. The third-order valence-corrected chi connectivity index (χ3v) is 3.10. The Morgan fingerprint density at radius 3 is 2.90 bits per heavy atom. The van der Waals surface area contributed by atoms with Gasteiger partial charge in [0.25, 0.3) is 5.69 Å². The molecule has 0 spiro atoms. The quantitative estimate of drug-likeness (QED) is 0.633. The number of nitro benzene ring substituents is 1. The van der Waals surface area contributed by atoms with Crippen LogP contribution >= 0.6 is 0 Å². The molecule has 0 aliphatic carbocycles. The molecule has 0 saturated heterocycles. The van der Waals surface area contributed by atoms with Crippen molar-refractivity contribution in [3.05, 3.63) is 46.2 Å². The molecule has 0 fully saturated rings. The molecule has 20 heavy (non-hydrogen) atoms. The zero-order chi connectivity index (χ0) is 14.8. The van der Waals surface area contributed by atoms with E-state index in [1.54, 1.807) is 6.26 Å². The summed E-state index contributed by atoms with van der Waals surface area (Å²) >= 11 is 0. The molecular weight excluding hydrogens is 264 g/mol. The van der Waals surface area contributed by atoms with Gasteiger partial charge in [-0.25, -0.2) is 4.79 Å². The topological polar surface area (TPSA) is 102 Å². The SMILES string of the molecule is CC1(CNc2ccc([N+](=O)[O-])cc2C(=O)O)CC=CO1. The van der Waals surface area contributed by atoms with Crippen LogP contribution in [0.2, 0.25) is 0 Å². The van der Waals surface area contributed by atoms with Crippen molar-refractivity contribution in [3.8, 4) is 0 Å². The van der Waals surface area contributed by atoms with Crippen LogP contribution in [0.5, 0.6) is 0 Å². The first-order valence-electron chi connectivity index (χ1n) is 6.00. The molecular formula is C13H14N2O5. The first-order chi connectivity index (χ1) is 9.41. The van der Waals surface area contributed by atoms with Gasteiger partial charge in [-0.15, -0.1) is 0 Å². The smallest absolute Gasteiger partial charge is 0.338 e. The fourth-order valence-electron chi connectivity index (χ4n) is 1.93. The largest absolute Gasteiger partial charge is 0.493 e. The highest BCUT2D eigenvalue weighted by atomic mass is 16.6. The number of hydrogen-bond donors (Lipinski definition) is 2. The van der Waals surface area contributed by atoms with Crippen LogP contribution < -0.4 is 5.32 Å². The van der Waals surface area contributed by atoms with Crippen molar-refractivity contribution in [3.63, 3.8) is 0 Å². The van der Waals surface area contributed by atoms with Gasteiger partial charge in [0.1, 0.15) is 5.60 Å². The van der Waals surface area contributed by atoms with E-state index in [2.05, 4.69) is 5.32 Å². The third kappa shape index (κ3) is 2.87. The monoisotopic (exact) mass is 278 g/mol. The summed E-state index contributed by atoms with van der Waals surface area (Å²) in [6.07, 6.45) is 4.21. The molecule has 2 N–H and O–H groups in total. The van der Waals surface area contributed by atoms with E-state index in [9.17, 15) is 14.9 Å². The molecule has 1 aliphatic rings. The zero-order valence-corrected chi connectivity index (χ0v) is 10.8. The molecule has 7 nitrogen and oxygen atoms in total. The Kier molecular flexibility index (Phi) is 3.60. The number of hydrogen-bond acceptors (Lipinski definition) is 5. The predicted octanol–water partition coefficient (Wildman–Crippen LogP) is 2.40. The summed E-state index contributed by atoms with van der Waals surface area (Å²) < 4.78 is 5.43. The van der Waals surface area contributed by atoms with E-state index < -0.39 is 16.5 Å². The molecule has 1 heterocycles. The standard InChI is InChI=1S/C13H14N2O5/c1-13(5-2-6-20-13)8-14-11-4-3-9(15(18)19)7-10(11)12(16)17/h2-4,6-7,14H,5,8H2,1H3,(H,16,17). The summed E-state index contributed by atoms with van der Waals surface area (Å²) in [5, 5.41) is 22.8. The first-order valence-corrected chi connectivity index (χ1v) is 6.00. The van der Waals surface area contributed by atoms with Crippen LogP contribution in [-0.4, -0.2) is 28.1 Å². The molecule has 0 aromatic heterocycles. The summed E-state index contributed by atoms with van der Waals surface area (Å²) in [4.78, 5) is 21.2. The van der Waals surface area contributed by atoms with Crippen LogP contribution in [0.3, 0.4) is 0 Å². The maximum absolute atomic E-state index is 11.2. The van der Waals surface area contributed by atoms with Gasteiger partial charge in [0.2, 0.25) is 0 Å². The van der Waals surface area contributed by atoms with Crippen molar-refractivity contribution >= 4 is 17.3 Å². The molecule has 0 radical (unpaired) electrons. The van der Waals surface area contributed by atoms with Gasteiger partial charge in [-0.05, 0) is 19.1 Å². The average Bonchev–Trinajstić information content (AvgIpc) is 2.83. The second-order valence-electron chi connectivity index (χ2n) is 4.79.